The van der Waals surface area contributed by atoms with Crippen molar-refractivity contribution in [3.8, 4) is 5.75 Å². The Kier molecular flexibility index (Phi) is 9.81. The summed E-state index contributed by atoms with van der Waals surface area (Å²) in [6, 6.07) is 10.4. The lowest BCUT2D eigenvalue weighted by Gasteiger charge is -2.18. The van der Waals surface area contributed by atoms with Crippen LogP contribution in [0.5, 0.6) is 5.75 Å². The van der Waals surface area contributed by atoms with E-state index in [-0.39, 0.29) is 25.5 Å². The number of anilines is 3. The Bertz CT molecular complexity index is 998. The molecule has 9 nitrogen and oxygen atoms in total. The first-order chi connectivity index (χ1) is 15.7. The summed E-state index contributed by atoms with van der Waals surface area (Å²) in [5.74, 6) is -0.564. The number of carbonyl (C=O) groups is 3. The molecule has 0 heterocycles. The first-order valence-corrected chi connectivity index (χ1v) is 10.8. The van der Waals surface area contributed by atoms with E-state index in [1.807, 2.05) is 0 Å². The molecule has 2 aromatic rings. The molecule has 178 valence electrons. The second-order valence-corrected chi connectivity index (χ2v) is 7.53. The largest absolute Gasteiger partial charge is 0.494 e. The molecule has 0 radical (unpaired) electrons. The number of rotatable bonds is 11. The Hall–Kier alpha value is -3.46. The summed E-state index contributed by atoms with van der Waals surface area (Å²) < 4.78 is 10.6. The normalized spacial score (nSPS) is 10.3. The van der Waals surface area contributed by atoms with Crippen LogP contribution in [0.15, 0.2) is 36.4 Å². The lowest BCUT2D eigenvalue weighted by atomic mass is 10.1. The van der Waals surface area contributed by atoms with Crippen molar-refractivity contribution in [2.24, 2.45) is 0 Å². The Morgan fingerprint density at radius 1 is 1.12 bits per heavy atom. The zero-order valence-electron chi connectivity index (χ0n) is 18.8. The quantitative estimate of drug-likeness (QED) is 0.400. The predicted octanol–water partition coefficient (Wildman–Crippen LogP) is 4.75. The van der Waals surface area contributed by atoms with Gasteiger partial charge in [0, 0.05) is 43.7 Å². The molecule has 0 bridgehead atoms. The number of carboxylic acid groups (broad SMARTS) is 1. The highest BCUT2D eigenvalue weighted by molar-refractivity contribution is 6.31. The van der Waals surface area contributed by atoms with E-state index in [0.29, 0.717) is 40.8 Å². The van der Waals surface area contributed by atoms with E-state index in [4.69, 9.17) is 26.2 Å². The number of halogens is 1. The Morgan fingerprint density at radius 3 is 2.52 bits per heavy atom. The number of nitrogens with zero attached hydrogens (tertiary/aromatic N) is 1. The molecule has 0 aliphatic heterocycles. The van der Waals surface area contributed by atoms with Crippen LogP contribution in [0.4, 0.5) is 21.9 Å². The maximum atomic E-state index is 11.9. The number of ether oxygens (including phenoxy) is 2. The van der Waals surface area contributed by atoms with E-state index >= 15 is 0 Å². The van der Waals surface area contributed by atoms with Crippen molar-refractivity contribution in [3.05, 3.63) is 47.0 Å². The maximum absolute atomic E-state index is 11.9. The summed E-state index contributed by atoms with van der Waals surface area (Å²) in [6.07, 6.45) is -0.0672. The number of hydrogen-bond acceptors (Lipinski definition) is 6. The van der Waals surface area contributed by atoms with Gasteiger partial charge < -0.3 is 25.2 Å². The molecule has 33 heavy (non-hydrogen) atoms. The van der Waals surface area contributed by atoms with Crippen molar-refractivity contribution in [2.75, 3.05) is 35.8 Å². The predicted molar refractivity (Wildman–Crippen MR) is 127 cm³/mol. The topological polar surface area (TPSA) is 117 Å². The van der Waals surface area contributed by atoms with Crippen molar-refractivity contribution in [3.63, 3.8) is 0 Å². The fourth-order valence-electron chi connectivity index (χ4n) is 2.88. The minimum atomic E-state index is -0.877. The van der Waals surface area contributed by atoms with E-state index in [2.05, 4.69) is 10.6 Å². The third kappa shape index (κ3) is 8.19. The van der Waals surface area contributed by atoms with Crippen LogP contribution >= 0.6 is 11.6 Å². The number of carbonyl (C=O) groups excluding carboxylic acids is 2. The molecule has 0 fully saturated rings. The van der Waals surface area contributed by atoms with Gasteiger partial charge >= 0.3 is 12.1 Å². The van der Waals surface area contributed by atoms with Crippen LogP contribution in [0.2, 0.25) is 5.02 Å². The van der Waals surface area contributed by atoms with Crippen LogP contribution in [-0.2, 0) is 20.9 Å². The van der Waals surface area contributed by atoms with Gasteiger partial charge in [0.2, 0.25) is 5.91 Å². The van der Waals surface area contributed by atoms with Crippen molar-refractivity contribution in [2.45, 2.75) is 33.2 Å². The minimum Gasteiger partial charge on any atom is -0.494 e. The van der Waals surface area contributed by atoms with Gasteiger partial charge in [0.1, 0.15) is 5.75 Å². The van der Waals surface area contributed by atoms with Crippen LogP contribution in [0.25, 0.3) is 0 Å². The zero-order chi connectivity index (χ0) is 24.4. The van der Waals surface area contributed by atoms with E-state index in [9.17, 15) is 14.4 Å². The molecular weight excluding hydrogens is 450 g/mol. The highest BCUT2D eigenvalue weighted by atomic mass is 35.5. The van der Waals surface area contributed by atoms with E-state index in [0.717, 1.165) is 5.56 Å². The monoisotopic (exact) mass is 477 g/mol. The van der Waals surface area contributed by atoms with E-state index < -0.39 is 12.1 Å². The molecular formula is C23H28ClN3O6. The fourth-order valence-corrected chi connectivity index (χ4v) is 3.12. The van der Waals surface area contributed by atoms with Crippen molar-refractivity contribution >= 4 is 46.6 Å². The number of benzene rings is 2. The van der Waals surface area contributed by atoms with Gasteiger partial charge in [-0.2, -0.15) is 0 Å². The lowest BCUT2D eigenvalue weighted by Crippen LogP contribution is -2.27. The molecule has 0 unspecified atom stereocenters. The second-order valence-electron chi connectivity index (χ2n) is 7.12. The maximum Gasteiger partial charge on any atom is 0.413 e. The smallest absolute Gasteiger partial charge is 0.413 e. The molecule has 0 aromatic heterocycles. The van der Waals surface area contributed by atoms with Gasteiger partial charge in [0.25, 0.3) is 0 Å². The molecule has 0 saturated carbocycles. The van der Waals surface area contributed by atoms with Crippen LogP contribution in [0, 0.1) is 0 Å². The average molecular weight is 478 g/mol. The highest BCUT2D eigenvalue weighted by Gasteiger charge is 2.14. The summed E-state index contributed by atoms with van der Waals surface area (Å²) in [6.45, 7) is 4.02. The highest BCUT2D eigenvalue weighted by Crippen LogP contribution is 2.30. The van der Waals surface area contributed by atoms with Crippen molar-refractivity contribution < 1.29 is 29.0 Å². The number of hydrogen-bond donors (Lipinski definition) is 3. The van der Waals surface area contributed by atoms with Crippen molar-refractivity contribution in [1.29, 1.82) is 0 Å². The Labute approximate surface area is 197 Å². The van der Waals surface area contributed by atoms with E-state index in [1.165, 1.54) is 11.8 Å². The molecule has 3 N–H and O–H groups in total. The first-order valence-electron chi connectivity index (χ1n) is 10.4. The average Bonchev–Trinajstić information content (AvgIpc) is 2.76. The summed E-state index contributed by atoms with van der Waals surface area (Å²) in [5, 5.41) is 15.2. The molecule has 2 rings (SSSR count). The van der Waals surface area contributed by atoms with Crippen molar-refractivity contribution in [1.82, 2.24) is 0 Å². The standard InChI is InChI=1S/C23H28ClN3O6/c1-4-32-23(31)27(3)17-8-7-16(19(24)12-17)14-25-21-13-18(33-11-5-6-22(29)30)9-10-20(21)26-15(2)28/h7-10,12-13,25H,4-6,11,14H2,1-3H3,(H,26,28)(H,29,30). The molecule has 2 aromatic carbocycles. The molecule has 0 aliphatic carbocycles. The number of carboxylic acids is 1. The van der Waals surface area contributed by atoms with Gasteiger partial charge in [-0.25, -0.2) is 4.79 Å². The molecule has 2 amide bonds. The summed E-state index contributed by atoms with van der Waals surface area (Å²) in [7, 11) is 1.60. The van der Waals surface area contributed by atoms with Gasteiger partial charge in [-0.3, -0.25) is 14.5 Å². The zero-order valence-corrected chi connectivity index (χ0v) is 19.6. The summed E-state index contributed by atoms with van der Waals surface area (Å²) in [5.41, 5.74) is 2.55. The Balaban J connectivity index is 2.12. The molecule has 0 aliphatic rings. The molecule has 10 heteroatoms. The van der Waals surface area contributed by atoms with Gasteiger partial charge in [-0.05, 0) is 43.2 Å². The third-order valence-electron chi connectivity index (χ3n) is 4.54. The summed E-state index contributed by atoms with van der Waals surface area (Å²) in [4.78, 5) is 35.5. The molecule has 0 saturated heterocycles. The fraction of sp³-hybridized carbons (Fsp3) is 0.348. The summed E-state index contributed by atoms with van der Waals surface area (Å²) >= 11 is 6.43. The van der Waals surface area contributed by atoms with Gasteiger partial charge in [0.05, 0.1) is 24.6 Å². The first kappa shape index (κ1) is 25.8. The van der Waals surface area contributed by atoms with Crippen LogP contribution in [-0.4, -0.2) is 43.3 Å². The molecule has 0 spiro atoms. The minimum absolute atomic E-state index is 0.0228. The van der Waals surface area contributed by atoms with Crippen LogP contribution in [0.1, 0.15) is 32.3 Å². The lowest BCUT2D eigenvalue weighted by molar-refractivity contribution is -0.137. The number of nitrogens with one attached hydrogen (secondary N) is 2. The van der Waals surface area contributed by atoms with Gasteiger partial charge in [0.15, 0.2) is 0 Å². The Morgan fingerprint density at radius 2 is 1.88 bits per heavy atom. The number of aliphatic carboxylic acids is 1. The molecule has 0 atom stereocenters. The SMILES string of the molecule is CCOC(=O)N(C)c1ccc(CNc2cc(OCCCC(=O)O)ccc2NC(C)=O)c(Cl)c1. The second kappa shape index (κ2) is 12.5. The van der Waals surface area contributed by atoms with Crippen LogP contribution in [0.3, 0.4) is 0 Å². The van der Waals surface area contributed by atoms with Gasteiger partial charge in [-0.15, -0.1) is 0 Å². The van der Waals surface area contributed by atoms with E-state index in [1.54, 1.807) is 50.4 Å². The van der Waals surface area contributed by atoms with Crippen LogP contribution < -0.4 is 20.3 Å². The third-order valence-corrected chi connectivity index (χ3v) is 4.89. The van der Waals surface area contributed by atoms with Gasteiger partial charge in [-0.1, -0.05) is 17.7 Å². The number of amides is 2.